The van der Waals surface area contributed by atoms with E-state index in [4.69, 9.17) is 4.74 Å². The molecule has 0 aromatic heterocycles. The Balaban J connectivity index is 2.27. The minimum atomic E-state index is -5.00. The lowest BCUT2D eigenvalue weighted by Crippen LogP contribution is -2.26. The normalized spacial score (nSPS) is 13.4. The van der Waals surface area contributed by atoms with Gasteiger partial charge in [0.15, 0.2) is 6.10 Å². The zero-order chi connectivity index (χ0) is 20.2. The highest BCUT2D eigenvalue weighted by Crippen LogP contribution is 2.36. The van der Waals surface area contributed by atoms with Crippen LogP contribution in [0.2, 0.25) is 0 Å². The van der Waals surface area contributed by atoms with E-state index in [0.717, 1.165) is 0 Å². The molecule has 3 nitrogen and oxygen atoms in total. The maximum Gasteiger partial charge on any atom is 0.416 e. The van der Waals surface area contributed by atoms with Gasteiger partial charge in [0, 0.05) is 6.42 Å². The van der Waals surface area contributed by atoms with Gasteiger partial charge in [0.05, 0.1) is 17.7 Å². The maximum absolute atomic E-state index is 12.9. The summed E-state index contributed by atoms with van der Waals surface area (Å²) in [5.74, 6) is -1.49. The number of halogens is 6. The van der Waals surface area contributed by atoms with Crippen molar-refractivity contribution in [2.45, 2.75) is 31.5 Å². The molecule has 0 aliphatic rings. The number of hydrogen-bond donors (Lipinski definition) is 1. The van der Waals surface area contributed by atoms with E-state index in [0.29, 0.717) is 17.7 Å². The maximum atomic E-state index is 12.9. The fraction of sp³-hybridized carbons (Fsp3) is 0.278. The van der Waals surface area contributed by atoms with Gasteiger partial charge in [-0.3, -0.25) is 0 Å². The lowest BCUT2D eigenvalue weighted by Gasteiger charge is -2.17. The molecule has 146 valence electrons. The molecule has 0 saturated heterocycles. The summed E-state index contributed by atoms with van der Waals surface area (Å²) < 4.78 is 82.5. The molecule has 0 bridgehead atoms. The van der Waals surface area contributed by atoms with E-state index < -0.39 is 47.5 Å². The van der Waals surface area contributed by atoms with Crippen LogP contribution in [0, 0.1) is 0 Å². The van der Waals surface area contributed by atoms with E-state index in [2.05, 4.69) is 0 Å². The van der Waals surface area contributed by atoms with Gasteiger partial charge in [-0.1, -0.05) is 30.3 Å². The highest BCUT2D eigenvalue weighted by Gasteiger charge is 2.37. The van der Waals surface area contributed by atoms with Crippen LogP contribution >= 0.6 is 0 Å². The number of aliphatic carboxylic acids is 1. The van der Waals surface area contributed by atoms with Crippen molar-refractivity contribution in [3.63, 3.8) is 0 Å². The van der Waals surface area contributed by atoms with Gasteiger partial charge in [0.2, 0.25) is 0 Å². The standard InChI is InChI=1S/C18H14F6O3/c19-17(20,21)13-6-12(7-14(9-13)18(22,23)24)8-15(16(25)26)27-10-11-4-2-1-3-5-11/h1-7,9,15H,8,10H2,(H,25,26). The molecule has 2 aromatic rings. The third kappa shape index (κ3) is 5.99. The number of carbonyl (C=O) groups is 1. The van der Waals surface area contributed by atoms with E-state index >= 15 is 0 Å². The van der Waals surface area contributed by atoms with Crippen LogP contribution in [0.4, 0.5) is 26.3 Å². The molecule has 0 heterocycles. The molecular weight excluding hydrogens is 378 g/mol. The highest BCUT2D eigenvalue weighted by molar-refractivity contribution is 5.72. The van der Waals surface area contributed by atoms with Crippen molar-refractivity contribution in [3.8, 4) is 0 Å². The molecule has 0 radical (unpaired) electrons. The van der Waals surface area contributed by atoms with Crippen LogP contribution in [0.5, 0.6) is 0 Å². The van der Waals surface area contributed by atoms with Crippen LogP contribution in [-0.2, 0) is 34.9 Å². The lowest BCUT2D eigenvalue weighted by molar-refractivity contribution is -0.151. The molecule has 1 unspecified atom stereocenters. The smallest absolute Gasteiger partial charge is 0.416 e. The first-order valence-corrected chi connectivity index (χ1v) is 7.63. The molecule has 0 saturated carbocycles. The van der Waals surface area contributed by atoms with Crippen molar-refractivity contribution in [1.29, 1.82) is 0 Å². The molecule has 0 fully saturated rings. The first-order chi connectivity index (χ1) is 12.5. The van der Waals surface area contributed by atoms with Crippen molar-refractivity contribution in [2.24, 2.45) is 0 Å². The fourth-order valence-corrected chi connectivity index (χ4v) is 2.34. The van der Waals surface area contributed by atoms with Crippen molar-refractivity contribution in [3.05, 3.63) is 70.8 Å². The second kappa shape index (κ2) is 7.99. The summed E-state index contributed by atoms with van der Waals surface area (Å²) in [5, 5.41) is 9.20. The van der Waals surface area contributed by atoms with Crippen molar-refractivity contribution >= 4 is 5.97 Å². The van der Waals surface area contributed by atoms with Crippen LogP contribution in [0.15, 0.2) is 48.5 Å². The number of benzene rings is 2. The Morgan fingerprint density at radius 3 is 1.85 bits per heavy atom. The van der Waals surface area contributed by atoms with Gasteiger partial charge in [0.25, 0.3) is 0 Å². The third-order valence-corrected chi connectivity index (χ3v) is 3.64. The number of alkyl halides is 6. The zero-order valence-electron chi connectivity index (χ0n) is 13.6. The molecule has 1 atom stereocenters. The largest absolute Gasteiger partial charge is 0.479 e. The van der Waals surface area contributed by atoms with Crippen molar-refractivity contribution in [2.75, 3.05) is 0 Å². The molecule has 2 rings (SSSR count). The van der Waals surface area contributed by atoms with E-state index in [1.807, 2.05) is 0 Å². The monoisotopic (exact) mass is 392 g/mol. The minimum absolute atomic E-state index is 0.00982. The van der Waals surface area contributed by atoms with E-state index in [1.54, 1.807) is 30.3 Å². The molecule has 1 N–H and O–H groups in total. The summed E-state index contributed by atoms with van der Waals surface area (Å²) in [7, 11) is 0. The van der Waals surface area contributed by atoms with Gasteiger partial charge in [-0.15, -0.1) is 0 Å². The Labute approximate surface area is 150 Å². The molecule has 2 aromatic carbocycles. The first kappa shape index (κ1) is 20.8. The predicted molar refractivity (Wildman–Crippen MR) is 82.8 cm³/mol. The third-order valence-electron chi connectivity index (χ3n) is 3.64. The highest BCUT2D eigenvalue weighted by atomic mass is 19.4. The van der Waals surface area contributed by atoms with E-state index in [1.165, 1.54) is 0 Å². The van der Waals surface area contributed by atoms with E-state index in [-0.39, 0.29) is 12.7 Å². The second-order valence-corrected chi connectivity index (χ2v) is 5.74. The van der Waals surface area contributed by atoms with Crippen LogP contribution in [-0.4, -0.2) is 17.2 Å². The van der Waals surface area contributed by atoms with Gasteiger partial charge in [-0.2, -0.15) is 26.3 Å². The van der Waals surface area contributed by atoms with Crippen LogP contribution < -0.4 is 0 Å². The Bertz CT molecular complexity index is 752. The average Bonchev–Trinajstić information content (AvgIpc) is 2.57. The van der Waals surface area contributed by atoms with Gasteiger partial charge in [0.1, 0.15) is 0 Å². The summed E-state index contributed by atoms with van der Waals surface area (Å²) >= 11 is 0. The number of ether oxygens (including phenoxy) is 1. The van der Waals surface area contributed by atoms with Gasteiger partial charge >= 0.3 is 18.3 Å². The Morgan fingerprint density at radius 1 is 0.889 bits per heavy atom. The molecule has 0 aliphatic heterocycles. The van der Waals surface area contributed by atoms with Crippen LogP contribution in [0.3, 0.4) is 0 Å². The number of rotatable bonds is 6. The molecule has 9 heteroatoms. The molecular formula is C18H14F6O3. The quantitative estimate of drug-likeness (QED) is 0.709. The van der Waals surface area contributed by atoms with Gasteiger partial charge in [-0.25, -0.2) is 4.79 Å². The summed E-state index contributed by atoms with van der Waals surface area (Å²) in [5.41, 5.74) is -2.82. The van der Waals surface area contributed by atoms with Crippen molar-refractivity contribution in [1.82, 2.24) is 0 Å². The SMILES string of the molecule is O=C(O)C(Cc1cc(C(F)(F)F)cc(C(F)(F)F)c1)OCc1ccccc1. The average molecular weight is 392 g/mol. The predicted octanol–water partition coefficient (Wildman–Crippen LogP) is 4.94. The summed E-state index contributed by atoms with van der Waals surface area (Å²) in [6.45, 7) is -0.150. The molecule has 27 heavy (non-hydrogen) atoms. The summed E-state index contributed by atoms with van der Waals surface area (Å²) in [6, 6.07) is 9.35. The van der Waals surface area contributed by atoms with Gasteiger partial charge in [-0.05, 0) is 29.3 Å². The topological polar surface area (TPSA) is 46.5 Å². The lowest BCUT2D eigenvalue weighted by atomic mass is 10.0. The summed E-state index contributed by atoms with van der Waals surface area (Å²) in [4.78, 5) is 11.3. The number of carboxylic acid groups (broad SMARTS) is 1. The van der Waals surface area contributed by atoms with Crippen LogP contribution in [0.1, 0.15) is 22.3 Å². The molecule has 0 aliphatic carbocycles. The fourth-order valence-electron chi connectivity index (χ4n) is 2.34. The molecule has 0 amide bonds. The first-order valence-electron chi connectivity index (χ1n) is 7.63. The van der Waals surface area contributed by atoms with E-state index in [9.17, 15) is 36.2 Å². The minimum Gasteiger partial charge on any atom is -0.479 e. The van der Waals surface area contributed by atoms with Crippen molar-refractivity contribution < 1.29 is 41.0 Å². The Hall–Kier alpha value is -2.55. The Kier molecular flexibility index (Phi) is 6.15. The zero-order valence-corrected chi connectivity index (χ0v) is 13.6. The summed E-state index contributed by atoms with van der Waals surface area (Å²) in [6.07, 6.45) is -12.2. The second-order valence-electron chi connectivity index (χ2n) is 5.74. The van der Waals surface area contributed by atoms with Gasteiger partial charge < -0.3 is 9.84 Å². The molecule has 0 spiro atoms. The number of carboxylic acids is 1. The van der Waals surface area contributed by atoms with Crippen LogP contribution in [0.25, 0.3) is 0 Å². The Morgan fingerprint density at radius 2 is 1.41 bits per heavy atom. The number of hydrogen-bond acceptors (Lipinski definition) is 2.